The zero-order chi connectivity index (χ0) is 20.1. The highest BCUT2D eigenvalue weighted by Gasteiger charge is 2.16. The molecule has 2 aromatic carbocycles. The molecule has 3 rings (SSSR count). The molecule has 1 amide bonds. The number of ether oxygens (including phenoxy) is 1. The second kappa shape index (κ2) is 8.69. The predicted molar refractivity (Wildman–Crippen MR) is 107 cm³/mol. The van der Waals surface area contributed by atoms with Crippen molar-refractivity contribution in [3.8, 4) is 17.1 Å². The van der Waals surface area contributed by atoms with Gasteiger partial charge in [0.15, 0.2) is 6.10 Å². The average Bonchev–Trinajstić information content (AvgIpc) is 3.14. The van der Waals surface area contributed by atoms with Crippen LogP contribution in [0.15, 0.2) is 47.0 Å². The summed E-state index contributed by atoms with van der Waals surface area (Å²) in [6.45, 7) is 8.16. The van der Waals surface area contributed by atoms with Crippen molar-refractivity contribution in [3.05, 3.63) is 65.0 Å². The van der Waals surface area contributed by atoms with Gasteiger partial charge >= 0.3 is 0 Å². The van der Waals surface area contributed by atoms with Crippen molar-refractivity contribution in [2.75, 3.05) is 6.54 Å². The lowest BCUT2D eigenvalue weighted by molar-refractivity contribution is -0.127. The highest BCUT2D eigenvalue weighted by molar-refractivity contribution is 5.80. The van der Waals surface area contributed by atoms with Gasteiger partial charge in [-0.1, -0.05) is 47.1 Å². The zero-order valence-electron chi connectivity index (χ0n) is 16.7. The van der Waals surface area contributed by atoms with Gasteiger partial charge in [-0.15, -0.1) is 0 Å². The van der Waals surface area contributed by atoms with Crippen molar-refractivity contribution >= 4 is 5.91 Å². The third-order valence-electron chi connectivity index (χ3n) is 4.64. The van der Waals surface area contributed by atoms with E-state index in [0.29, 0.717) is 24.7 Å². The van der Waals surface area contributed by atoms with E-state index in [0.717, 1.165) is 22.4 Å². The van der Waals surface area contributed by atoms with Crippen LogP contribution in [0.1, 0.15) is 29.5 Å². The van der Waals surface area contributed by atoms with Gasteiger partial charge in [0.05, 0.1) is 0 Å². The molecule has 0 aliphatic heterocycles. The number of aromatic nitrogens is 2. The molecule has 146 valence electrons. The lowest BCUT2D eigenvalue weighted by Gasteiger charge is -2.16. The van der Waals surface area contributed by atoms with Gasteiger partial charge in [-0.25, -0.2) is 0 Å². The molecule has 0 aliphatic carbocycles. The number of carbonyl (C=O) groups is 1. The number of aryl methyl sites for hydroxylation is 2. The van der Waals surface area contributed by atoms with Crippen molar-refractivity contribution in [2.24, 2.45) is 0 Å². The van der Waals surface area contributed by atoms with E-state index in [1.54, 1.807) is 6.92 Å². The molecule has 28 heavy (non-hydrogen) atoms. The van der Waals surface area contributed by atoms with Crippen LogP contribution in [-0.4, -0.2) is 28.7 Å². The summed E-state index contributed by atoms with van der Waals surface area (Å²) >= 11 is 0. The number of amides is 1. The van der Waals surface area contributed by atoms with Gasteiger partial charge in [-0.2, -0.15) is 4.98 Å². The van der Waals surface area contributed by atoms with E-state index in [4.69, 9.17) is 9.26 Å². The maximum Gasteiger partial charge on any atom is 0.260 e. The first kappa shape index (κ1) is 19.6. The Morgan fingerprint density at radius 2 is 1.89 bits per heavy atom. The molecule has 0 saturated heterocycles. The summed E-state index contributed by atoms with van der Waals surface area (Å²) in [7, 11) is 0. The van der Waals surface area contributed by atoms with E-state index in [-0.39, 0.29) is 5.91 Å². The summed E-state index contributed by atoms with van der Waals surface area (Å²) < 4.78 is 11.1. The Morgan fingerprint density at radius 3 is 2.64 bits per heavy atom. The molecule has 1 aromatic heterocycles. The van der Waals surface area contributed by atoms with Crippen molar-refractivity contribution in [2.45, 2.75) is 40.2 Å². The number of hydrogen-bond acceptors (Lipinski definition) is 5. The maximum absolute atomic E-state index is 12.3. The lowest BCUT2D eigenvalue weighted by atomic mass is 10.1. The monoisotopic (exact) mass is 379 g/mol. The number of benzene rings is 2. The smallest absolute Gasteiger partial charge is 0.260 e. The summed E-state index contributed by atoms with van der Waals surface area (Å²) in [5.41, 5.74) is 4.25. The minimum absolute atomic E-state index is 0.181. The van der Waals surface area contributed by atoms with Gasteiger partial charge in [-0.3, -0.25) is 4.79 Å². The van der Waals surface area contributed by atoms with Crippen molar-refractivity contribution in [1.29, 1.82) is 0 Å². The predicted octanol–water partition coefficient (Wildman–Crippen LogP) is 3.79. The molecule has 0 aliphatic rings. The fourth-order valence-electron chi connectivity index (χ4n) is 2.71. The Morgan fingerprint density at radius 1 is 1.14 bits per heavy atom. The van der Waals surface area contributed by atoms with E-state index in [1.165, 1.54) is 5.56 Å². The lowest BCUT2D eigenvalue weighted by Crippen LogP contribution is -2.37. The first-order chi connectivity index (χ1) is 13.4. The minimum Gasteiger partial charge on any atom is -0.481 e. The number of hydrogen-bond donors (Lipinski definition) is 1. The number of nitrogens with one attached hydrogen (secondary N) is 1. The Bertz CT molecular complexity index is 948. The molecule has 1 atom stereocenters. The van der Waals surface area contributed by atoms with E-state index in [9.17, 15) is 4.79 Å². The van der Waals surface area contributed by atoms with Gasteiger partial charge < -0.3 is 14.6 Å². The summed E-state index contributed by atoms with van der Waals surface area (Å²) in [4.78, 5) is 16.7. The Balaban J connectivity index is 1.50. The zero-order valence-corrected chi connectivity index (χ0v) is 16.7. The van der Waals surface area contributed by atoms with E-state index in [2.05, 4.69) is 15.5 Å². The average molecular weight is 379 g/mol. The summed E-state index contributed by atoms with van der Waals surface area (Å²) in [5.74, 6) is 1.58. The van der Waals surface area contributed by atoms with Crippen molar-refractivity contribution in [3.63, 3.8) is 0 Å². The van der Waals surface area contributed by atoms with Crippen LogP contribution in [0.2, 0.25) is 0 Å². The van der Waals surface area contributed by atoms with Crippen LogP contribution in [-0.2, 0) is 11.2 Å². The van der Waals surface area contributed by atoms with E-state index in [1.807, 2.05) is 63.2 Å². The molecule has 3 aromatic rings. The molecule has 0 bridgehead atoms. The fraction of sp³-hybridized carbons (Fsp3) is 0.318. The van der Waals surface area contributed by atoms with Gasteiger partial charge in [0.1, 0.15) is 5.75 Å². The third-order valence-corrected chi connectivity index (χ3v) is 4.64. The van der Waals surface area contributed by atoms with Crippen LogP contribution in [0.5, 0.6) is 5.75 Å². The molecule has 1 heterocycles. The Hall–Kier alpha value is -3.15. The minimum atomic E-state index is -0.591. The molecule has 0 spiro atoms. The van der Waals surface area contributed by atoms with Crippen LogP contribution in [0.3, 0.4) is 0 Å². The molecular weight excluding hydrogens is 354 g/mol. The van der Waals surface area contributed by atoms with Crippen LogP contribution in [0, 0.1) is 20.8 Å². The highest BCUT2D eigenvalue weighted by atomic mass is 16.5. The third kappa shape index (κ3) is 4.76. The van der Waals surface area contributed by atoms with Crippen LogP contribution in [0.25, 0.3) is 11.4 Å². The number of rotatable bonds is 7. The maximum atomic E-state index is 12.3. The van der Waals surface area contributed by atoms with Gasteiger partial charge in [0.2, 0.25) is 11.7 Å². The second-order valence-corrected chi connectivity index (χ2v) is 6.88. The van der Waals surface area contributed by atoms with Crippen LogP contribution >= 0.6 is 0 Å². The van der Waals surface area contributed by atoms with Crippen LogP contribution < -0.4 is 10.1 Å². The molecule has 6 nitrogen and oxygen atoms in total. The van der Waals surface area contributed by atoms with Gasteiger partial charge in [0.25, 0.3) is 5.91 Å². The van der Waals surface area contributed by atoms with Gasteiger partial charge in [0, 0.05) is 18.5 Å². The normalized spacial score (nSPS) is 11.9. The fourth-order valence-corrected chi connectivity index (χ4v) is 2.71. The molecule has 0 fully saturated rings. The van der Waals surface area contributed by atoms with E-state index >= 15 is 0 Å². The molecule has 1 N–H and O–H groups in total. The second-order valence-electron chi connectivity index (χ2n) is 6.88. The summed E-state index contributed by atoms with van der Waals surface area (Å²) in [6.07, 6.45) is -0.132. The highest BCUT2D eigenvalue weighted by Crippen LogP contribution is 2.21. The molecule has 6 heteroatoms. The van der Waals surface area contributed by atoms with Crippen molar-refractivity contribution < 1.29 is 14.1 Å². The Kier molecular flexibility index (Phi) is 6.09. The molecular formula is C22H25N3O3. The quantitative estimate of drug-likeness (QED) is 0.676. The molecule has 0 unspecified atom stereocenters. The Labute approximate surface area is 164 Å². The number of carbonyl (C=O) groups excluding carboxylic acids is 1. The van der Waals surface area contributed by atoms with Gasteiger partial charge in [-0.05, 0) is 44.9 Å². The summed E-state index contributed by atoms with van der Waals surface area (Å²) in [5, 5.41) is 6.85. The summed E-state index contributed by atoms with van der Waals surface area (Å²) in [6, 6.07) is 13.7. The first-order valence-electron chi connectivity index (χ1n) is 9.34. The van der Waals surface area contributed by atoms with Crippen molar-refractivity contribution in [1.82, 2.24) is 15.5 Å². The molecule has 0 radical (unpaired) electrons. The first-order valence-corrected chi connectivity index (χ1v) is 9.34. The topological polar surface area (TPSA) is 77.2 Å². The molecule has 0 saturated carbocycles. The SMILES string of the molecule is Cc1ccc(-c2noc(CCNC(=O)[C@@H](C)Oc3cccc(C)c3C)n2)cc1. The van der Waals surface area contributed by atoms with E-state index < -0.39 is 6.10 Å². The largest absolute Gasteiger partial charge is 0.481 e. The van der Waals surface area contributed by atoms with Crippen LogP contribution in [0.4, 0.5) is 0 Å². The number of nitrogens with zero attached hydrogens (tertiary/aromatic N) is 2. The standard InChI is InChI=1S/C22H25N3O3/c1-14-8-10-18(11-9-14)21-24-20(28-25-21)12-13-23-22(26)17(4)27-19-7-5-6-15(2)16(19)3/h5-11,17H,12-13H2,1-4H3,(H,23,26)/t17-/m1/s1.